The van der Waals surface area contributed by atoms with Gasteiger partial charge in [-0.1, -0.05) is 18.2 Å². The maximum Gasteiger partial charge on any atom is 0.412 e. The van der Waals surface area contributed by atoms with Gasteiger partial charge in [0.25, 0.3) is 0 Å². The van der Waals surface area contributed by atoms with Crippen molar-refractivity contribution in [3.63, 3.8) is 0 Å². The van der Waals surface area contributed by atoms with Crippen LogP contribution in [0.1, 0.15) is 27.2 Å². The Morgan fingerprint density at radius 2 is 1.48 bits per heavy atom. The Bertz CT molecular complexity index is 569. The highest BCUT2D eigenvalue weighted by atomic mass is 16.6. The predicted octanol–water partition coefficient (Wildman–Crippen LogP) is 1.81. The van der Waals surface area contributed by atoms with E-state index in [1.165, 1.54) is 0 Å². The number of hydrogen-bond acceptors (Lipinski definition) is 5. The van der Waals surface area contributed by atoms with Gasteiger partial charge in [-0.2, -0.15) is 0 Å². The SMILES string of the molecule is CC(C)(C)OC(=O)NCCC(=O)NCCNC(=O)Oc1ccccc1. The Morgan fingerprint density at radius 1 is 0.880 bits per heavy atom. The minimum atomic E-state index is -0.591. The third kappa shape index (κ3) is 10.6. The van der Waals surface area contributed by atoms with Crippen LogP contribution in [0.2, 0.25) is 0 Å². The number of para-hydroxylation sites is 1. The highest BCUT2D eigenvalue weighted by Crippen LogP contribution is 2.08. The second-order valence-corrected chi connectivity index (χ2v) is 6.16. The number of alkyl carbamates (subject to hydrolysis) is 1. The van der Waals surface area contributed by atoms with Gasteiger partial charge in [-0.3, -0.25) is 4.79 Å². The van der Waals surface area contributed by atoms with Gasteiger partial charge < -0.3 is 25.4 Å². The van der Waals surface area contributed by atoms with E-state index in [2.05, 4.69) is 16.0 Å². The van der Waals surface area contributed by atoms with Crippen LogP contribution in [-0.4, -0.2) is 43.3 Å². The van der Waals surface area contributed by atoms with Gasteiger partial charge in [0.05, 0.1) is 0 Å². The van der Waals surface area contributed by atoms with E-state index in [9.17, 15) is 14.4 Å². The molecular weight excluding hydrogens is 326 g/mol. The molecule has 3 N–H and O–H groups in total. The molecule has 0 bridgehead atoms. The first-order valence-electron chi connectivity index (χ1n) is 8.00. The van der Waals surface area contributed by atoms with Crippen molar-refractivity contribution in [2.75, 3.05) is 19.6 Å². The first-order valence-corrected chi connectivity index (χ1v) is 8.00. The summed E-state index contributed by atoms with van der Waals surface area (Å²) >= 11 is 0. The fourth-order valence-electron chi connectivity index (χ4n) is 1.68. The predicted molar refractivity (Wildman–Crippen MR) is 92.3 cm³/mol. The maximum atomic E-state index is 11.6. The molecular formula is C17H25N3O5. The van der Waals surface area contributed by atoms with E-state index in [0.29, 0.717) is 5.75 Å². The van der Waals surface area contributed by atoms with E-state index in [1.54, 1.807) is 45.0 Å². The second-order valence-electron chi connectivity index (χ2n) is 6.16. The molecule has 25 heavy (non-hydrogen) atoms. The number of hydrogen-bond donors (Lipinski definition) is 3. The van der Waals surface area contributed by atoms with Gasteiger partial charge in [-0.15, -0.1) is 0 Å². The monoisotopic (exact) mass is 351 g/mol. The van der Waals surface area contributed by atoms with Gasteiger partial charge in [-0.05, 0) is 32.9 Å². The number of carbonyl (C=O) groups is 3. The van der Waals surface area contributed by atoms with Crippen LogP contribution in [0, 0.1) is 0 Å². The Hall–Kier alpha value is -2.77. The first-order chi connectivity index (χ1) is 11.8. The molecule has 0 radical (unpaired) electrons. The highest BCUT2D eigenvalue weighted by molar-refractivity contribution is 5.77. The summed E-state index contributed by atoms with van der Waals surface area (Å²) in [7, 11) is 0. The summed E-state index contributed by atoms with van der Waals surface area (Å²) in [5.74, 6) is 0.200. The number of benzene rings is 1. The fraction of sp³-hybridized carbons (Fsp3) is 0.471. The van der Waals surface area contributed by atoms with E-state index < -0.39 is 17.8 Å². The highest BCUT2D eigenvalue weighted by Gasteiger charge is 2.15. The molecule has 0 spiro atoms. The topological polar surface area (TPSA) is 106 Å². The molecule has 0 heterocycles. The van der Waals surface area contributed by atoms with Crippen molar-refractivity contribution in [1.29, 1.82) is 0 Å². The first kappa shape index (κ1) is 20.3. The molecule has 0 saturated heterocycles. The van der Waals surface area contributed by atoms with Crippen LogP contribution < -0.4 is 20.7 Å². The number of rotatable bonds is 7. The lowest BCUT2D eigenvalue weighted by Crippen LogP contribution is -2.38. The molecule has 0 saturated carbocycles. The average molecular weight is 351 g/mol. The zero-order valence-electron chi connectivity index (χ0n) is 14.8. The molecule has 1 rings (SSSR count). The molecule has 0 aliphatic carbocycles. The van der Waals surface area contributed by atoms with E-state index in [-0.39, 0.29) is 32.0 Å². The molecule has 1 aromatic carbocycles. The summed E-state index contributed by atoms with van der Waals surface area (Å²) < 4.78 is 10.1. The van der Waals surface area contributed by atoms with Gasteiger partial charge in [0.2, 0.25) is 5.91 Å². The van der Waals surface area contributed by atoms with Crippen molar-refractivity contribution in [3.05, 3.63) is 30.3 Å². The van der Waals surface area contributed by atoms with Crippen LogP contribution in [0.5, 0.6) is 5.75 Å². The number of ether oxygens (including phenoxy) is 2. The van der Waals surface area contributed by atoms with Crippen LogP contribution in [-0.2, 0) is 9.53 Å². The molecule has 0 aliphatic rings. The molecule has 0 aliphatic heterocycles. The van der Waals surface area contributed by atoms with E-state index in [4.69, 9.17) is 9.47 Å². The zero-order valence-corrected chi connectivity index (χ0v) is 14.8. The van der Waals surface area contributed by atoms with Crippen LogP contribution >= 0.6 is 0 Å². The third-order valence-corrected chi connectivity index (χ3v) is 2.69. The zero-order chi connectivity index (χ0) is 18.7. The Labute approximate surface area is 147 Å². The van der Waals surface area contributed by atoms with E-state index >= 15 is 0 Å². The molecule has 8 heteroatoms. The maximum absolute atomic E-state index is 11.6. The number of amides is 3. The standard InChI is InChI=1S/C17H25N3O5/c1-17(2,3)25-16(23)19-10-9-14(21)18-11-12-20-15(22)24-13-7-5-4-6-8-13/h4-8H,9-12H2,1-3H3,(H,18,21)(H,19,23)(H,20,22). The Balaban J connectivity index is 2.07. The van der Waals surface area contributed by atoms with Crippen LogP contribution in [0.25, 0.3) is 0 Å². The van der Waals surface area contributed by atoms with Crippen molar-refractivity contribution >= 4 is 18.1 Å². The molecule has 0 atom stereocenters. The second kappa shape index (κ2) is 10.2. The Morgan fingerprint density at radius 3 is 2.12 bits per heavy atom. The minimum Gasteiger partial charge on any atom is -0.444 e. The average Bonchev–Trinajstić information content (AvgIpc) is 2.51. The van der Waals surface area contributed by atoms with Crippen molar-refractivity contribution in [2.24, 2.45) is 0 Å². The fourth-order valence-corrected chi connectivity index (χ4v) is 1.68. The Kier molecular flexibility index (Phi) is 8.25. The summed E-state index contributed by atoms with van der Waals surface area (Å²) in [6.07, 6.45) is -1.04. The van der Waals surface area contributed by atoms with Gasteiger partial charge in [-0.25, -0.2) is 9.59 Å². The summed E-state index contributed by atoms with van der Waals surface area (Å²) in [6, 6.07) is 8.66. The molecule has 0 unspecified atom stereocenters. The van der Waals surface area contributed by atoms with Crippen LogP contribution in [0.3, 0.4) is 0 Å². The lowest BCUT2D eigenvalue weighted by molar-refractivity contribution is -0.120. The largest absolute Gasteiger partial charge is 0.444 e. The summed E-state index contributed by atoms with van der Waals surface area (Å²) in [5, 5.41) is 7.64. The van der Waals surface area contributed by atoms with Crippen LogP contribution in [0.15, 0.2) is 30.3 Å². The molecule has 3 amide bonds. The van der Waals surface area contributed by atoms with Crippen molar-refractivity contribution in [3.8, 4) is 5.75 Å². The van der Waals surface area contributed by atoms with Gasteiger partial charge in [0.15, 0.2) is 0 Å². The smallest absolute Gasteiger partial charge is 0.412 e. The van der Waals surface area contributed by atoms with Gasteiger partial charge in [0.1, 0.15) is 11.4 Å². The molecule has 1 aromatic rings. The van der Waals surface area contributed by atoms with Crippen molar-refractivity contribution < 1.29 is 23.9 Å². The molecule has 138 valence electrons. The number of nitrogens with one attached hydrogen (secondary N) is 3. The van der Waals surface area contributed by atoms with Crippen LogP contribution in [0.4, 0.5) is 9.59 Å². The number of carbonyl (C=O) groups excluding carboxylic acids is 3. The van der Waals surface area contributed by atoms with E-state index in [1.807, 2.05) is 6.07 Å². The molecule has 8 nitrogen and oxygen atoms in total. The lowest BCUT2D eigenvalue weighted by atomic mass is 10.2. The van der Waals surface area contributed by atoms with E-state index in [0.717, 1.165) is 0 Å². The quantitative estimate of drug-likeness (QED) is 0.650. The molecule has 0 fully saturated rings. The summed E-state index contributed by atoms with van der Waals surface area (Å²) in [5.41, 5.74) is -0.577. The summed E-state index contributed by atoms with van der Waals surface area (Å²) in [4.78, 5) is 34.5. The third-order valence-electron chi connectivity index (χ3n) is 2.69. The normalized spacial score (nSPS) is 10.5. The molecule has 0 aromatic heterocycles. The van der Waals surface area contributed by atoms with Crippen molar-refractivity contribution in [2.45, 2.75) is 32.8 Å². The summed E-state index contributed by atoms with van der Waals surface area (Å²) in [6.45, 7) is 5.94. The van der Waals surface area contributed by atoms with Gasteiger partial charge in [0, 0.05) is 26.1 Å². The lowest BCUT2D eigenvalue weighted by Gasteiger charge is -2.19. The minimum absolute atomic E-state index is 0.119. The van der Waals surface area contributed by atoms with Crippen molar-refractivity contribution in [1.82, 2.24) is 16.0 Å². The van der Waals surface area contributed by atoms with Gasteiger partial charge >= 0.3 is 12.2 Å².